The van der Waals surface area contributed by atoms with E-state index in [1.54, 1.807) is 78.9 Å². The van der Waals surface area contributed by atoms with Gasteiger partial charge in [0.15, 0.2) is 16.1 Å². The summed E-state index contributed by atoms with van der Waals surface area (Å²) in [6.45, 7) is 11.1. The molecule has 3 aromatic heterocycles. The number of rotatable bonds is 18. The number of sulfonamides is 3. The van der Waals surface area contributed by atoms with Crippen LogP contribution in [-0.4, -0.2) is 187 Å². The number of nitrogens with zero attached hydrogens (tertiary/aromatic N) is 12. The minimum atomic E-state index is -3.84. The molecular weight excluding hydrogens is 1440 g/mol. The molecule has 14 rings (SSSR count). The molecule has 35 heteroatoms. The van der Waals surface area contributed by atoms with Crippen LogP contribution in [0.3, 0.4) is 0 Å². The first-order chi connectivity index (χ1) is 48.9. The largest absolute Gasteiger partial charge is 0.449 e. The molecule has 6 aliphatic rings. The number of benzene rings is 5. The number of halogens is 4. The average molecular weight is 1530 g/mol. The van der Waals surface area contributed by atoms with Crippen LogP contribution in [-0.2, 0) is 55.6 Å². The van der Waals surface area contributed by atoms with Crippen molar-refractivity contribution < 1.29 is 69.5 Å². The zero-order valence-electron chi connectivity index (χ0n) is 55.1. The molecule has 3 atom stereocenters. The predicted molar refractivity (Wildman–Crippen MR) is 393 cm³/mol. The van der Waals surface area contributed by atoms with Gasteiger partial charge in [-0.1, -0.05) is 25.4 Å². The third-order valence-corrected chi connectivity index (χ3v) is 24.2. The summed E-state index contributed by atoms with van der Waals surface area (Å²) in [4.78, 5) is 74.6. The summed E-state index contributed by atoms with van der Waals surface area (Å²) in [5.41, 5.74) is 3.79. The first-order valence-corrected chi connectivity index (χ1v) is 39.2. The molecule has 102 heavy (non-hydrogen) atoms. The number of nitrogens with one attached hydrogen (secondary N) is 3. The average Bonchev–Trinajstić information content (AvgIpc) is 1.63. The predicted octanol–water partition coefficient (Wildman–Crippen LogP) is 10.1. The molecule has 26 nitrogen and oxygen atoms in total. The van der Waals surface area contributed by atoms with Gasteiger partial charge in [0.25, 0.3) is 30.1 Å². The van der Waals surface area contributed by atoms with Crippen molar-refractivity contribution in [3.8, 4) is 0 Å². The number of anilines is 8. The molecule has 6 aliphatic heterocycles. The van der Waals surface area contributed by atoms with E-state index in [9.17, 15) is 57.6 Å². The van der Waals surface area contributed by atoms with Gasteiger partial charge < -0.3 is 34.1 Å². The molecule has 4 amide bonds. The van der Waals surface area contributed by atoms with Crippen molar-refractivity contribution in [2.24, 2.45) is 5.92 Å². The van der Waals surface area contributed by atoms with E-state index >= 15 is 0 Å². The number of aromatic nitrogens is 4. The summed E-state index contributed by atoms with van der Waals surface area (Å²) in [5.74, 6) is -1.38. The van der Waals surface area contributed by atoms with Crippen molar-refractivity contribution >= 4 is 133 Å². The Labute approximate surface area is 608 Å². The van der Waals surface area contributed by atoms with Crippen LogP contribution in [0.1, 0.15) is 45.8 Å². The van der Waals surface area contributed by atoms with E-state index in [0.717, 1.165) is 17.3 Å². The molecule has 0 saturated carbocycles. The Morgan fingerprint density at radius 2 is 1.04 bits per heavy atom. The molecular formula is C67H81ClF3N15O11S5. The Kier molecular flexibility index (Phi) is 22.3. The molecule has 3 N–H and O–H groups in total. The second-order valence-corrected chi connectivity index (χ2v) is 32.1. The Hall–Kier alpha value is -9.03. The molecule has 9 heterocycles. The van der Waals surface area contributed by atoms with Gasteiger partial charge in [0.1, 0.15) is 23.5 Å². The molecule has 0 radical (unpaired) electrons. The van der Waals surface area contributed by atoms with Gasteiger partial charge in [-0.3, -0.25) is 38.3 Å². The Morgan fingerprint density at radius 1 is 0.569 bits per heavy atom. The monoisotopic (exact) mass is 1520 g/mol. The van der Waals surface area contributed by atoms with Crippen LogP contribution in [0.4, 0.5) is 62.5 Å². The van der Waals surface area contributed by atoms with Gasteiger partial charge in [-0.2, -0.15) is 5.10 Å². The van der Waals surface area contributed by atoms with Crippen molar-refractivity contribution in [1.29, 1.82) is 0 Å². The minimum absolute atomic E-state index is 0. The van der Waals surface area contributed by atoms with E-state index in [-0.39, 0.29) is 85.6 Å². The maximum absolute atomic E-state index is 14.1. The number of amides is 4. The van der Waals surface area contributed by atoms with Crippen LogP contribution in [0.2, 0.25) is 5.02 Å². The summed E-state index contributed by atoms with van der Waals surface area (Å²) in [6.07, 6.45) is 6.70. The molecule has 0 spiro atoms. The van der Waals surface area contributed by atoms with Gasteiger partial charge in [-0.25, -0.2) is 53.2 Å². The van der Waals surface area contributed by atoms with Crippen molar-refractivity contribution in [3.05, 3.63) is 173 Å². The van der Waals surface area contributed by atoms with Crippen molar-refractivity contribution in [1.82, 2.24) is 34.9 Å². The smallest absolute Gasteiger partial charge is 0.409 e. The van der Waals surface area contributed by atoms with Gasteiger partial charge in [-0.15, -0.1) is 27.8 Å². The topological polar surface area (TPSA) is 293 Å². The molecule has 5 aromatic carbocycles. The molecule has 8 aromatic rings. The fraction of sp³-hybridized carbons (Fsp3) is 0.343. The van der Waals surface area contributed by atoms with E-state index in [1.807, 2.05) is 23.6 Å². The summed E-state index contributed by atoms with van der Waals surface area (Å²) in [7, 11) is -11.3. The summed E-state index contributed by atoms with van der Waals surface area (Å²) in [5, 5.41) is 11.4. The second kappa shape index (κ2) is 31.3. The molecule has 5 saturated heterocycles. The van der Waals surface area contributed by atoms with Gasteiger partial charge in [-0.05, 0) is 146 Å². The number of thiazole rings is 2. The zero-order chi connectivity index (χ0) is 72.0. The lowest BCUT2D eigenvalue weighted by molar-refractivity contribution is -0.122. The number of piperazine rings is 2. The quantitative estimate of drug-likeness (QED) is 0.0719. The number of carbonyl (C=O) groups excluding carboxylic acids is 4. The SMILES string of the molecule is CC(C)COC(=O)N1CCN([C@H]2CCN(c3ccc(S(=O)(=O)Nc4nccs4)cc3)C2=O)CC1.O=C1[C@@H](N2CCN(c3ccc(F)cc3F)CC2)CCN1c1ccc(S(=O)(=O)Nc2nccs2)cc1.O=C1[C@@H](N2CCc3c2ccc(F)c3Cl)CCN1c1ccc(S(=O)(=O)Nc2cccnn2)cc1.[HH].[HH].[HH].[HH].[HH]. The normalized spacial score (nSPS) is 19.0. The standard InChI is InChI=1S/C23H23F2N5O3S2.C22H19ClFN5O3S.C22H29N5O5S2.5H2/c24-16-1-6-20(19(25)15-16)28-10-12-29(13-11-28)21-7-9-30(22(21)31)17-2-4-18(5-3-17)35(32,33)27-23-26-8-14-34-23;23-21-16-9-12-29(18(16)8-7-17(21)24)19-10-13-28(22(19)30)14-3-5-15(6-4-14)33(31,32)27-20-2-1-11-25-26-20;1-16(2)15-32-22(29)26-12-10-25(11-13-26)19-7-9-27(20(19)28)17-3-5-18(6-4-17)34(30,31)24-21-23-8-14-33-21;;;;;/h1-6,8,14-15,21H,7,9-13H2,(H,26,27);1-8,11,19H,9-10,12-13H2,(H,26,27);3-6,8,14,16,19H,7,9-13,15H2,1-2H3,(H,23,24);5*1H/t21-;2*19-;;;;;/m000...../s1. The van der Waals surface area contributed by atoms with Crippen LogP contribution >= 0.6 is 34.3 Å². The Morgan fingerprint density at radius 3 is 1.50 bits per heavy atom. The highest BCUT2D eigenvalue weighted by Crippen LogP contribution is 2.39. The van der Waals surface area contributed by atoms with Crippen LogP contribution in [0.15, 0.2) is 159 Å². The number of hydrogen-bond donors (Lipinski definition) is 3. The highest BCUT2D eigenvalue weighted by atomic mass is 35.5. The first kappa shape index (κ1) is 72.7. The van der Waals surface area contributed by atoms with E-state index in [2.05, 4.69) is 44.1 Å². The number of carbonyl (C=O) groups is 4. The first-order valence-electron chi connectivity index (χ1n) is 32.6. The number of hydrogen-bond acceptors (Lipinski definition) is 21. The van der Waals surface area contributed by atoms with Crippen LogP contribution in [0.5, 0.6) is 0 Å². The third kappa shape index (κ3) is 16.5. The maximum atomic E-state index is 14.1. The maximum Gasteiger partial charge on any atom is 0.409 e. The van der Waals surface area contributed by atoms with Crippen LogP contribution in [0, 0.1) is 23.4 Å². The summed E-state index contributed by atoms with van der Waals surface area (Å²) in [6, 6.07) is 27.3. The molecule has 0 unspecified atom stereocenters. The van der Waals surface area contributed by atoms with Gasteiger partial charge >= 0.3 is 6.09 Å². The fourth-order valence-electron chi connectivity index (χ4n) is 12.9. The highest BCUT2D eigenvalue weighted by molar-refractivity contribution is 7.93. The van der Waals surface area contributed by atoms with Crippen LogP contribution < -0.4 is 38.7 Å². The third-order valence-electron chi connectivity index (χ3n) is 18.0. The van der Waals surface area contributed by atoms with Crippen LogP contribution in [0.25, 0.3) is 0 Å². The molecule has 5 fully saturated rings. The number of ether oxygens (including phenoxy) is 1. The second-order valence-electron chi connectivity index (χ2n) is 24.9. The lowest BCUT2D eigenvalue weighted by atomic mass is 10.1. The van der Waals surface area contributed by atoms with Crippen molar-refractivity contribution in [3.63, 3.8) is 0 Å². The zero-order valence-corrected chi connectivity index (χ0v) is 59.9. The highest BCUT2D eigenvalue weighted by Gasteiger charge is 2.42. The van der Waals surface area contributed by atoms with Gasteiger partial charge in [0.2, 0.25) is 17.7 Å². The molecule has 0 aliphatic carbocycles. The Bertz CT molecular complexity index is 4700. The summed E-state index contributed by atoms with van der Waals surface area (Å²) < 4.78 is 129. The molecule has 0 bridgehead atoms. The van der Waals surface area contributed by atoms with E-state index < -0.39 is 47.5 Å². The lowest BCUT2D eigenvalue weighted by Crippen LogP contribution is -2.54. The van der Waals surface area contributed by atoms with Gasteiger partial charge in [0, 0.05) is 144 Å². The van der Waals surface area contributed by atoms with E-state index in [0.29, 0.717) is 139 Å². The minimum Gasteiger partial charge on any atom is -0.449 e. The van der Waals surface area contributed by atoms with Crippen molar-refractivity contribution in [2.45, 2.75) is 72.3 Å². The lowest BCUT2D eigenvalue weighted by Gasteiger charge is -2.38. The van der Waals surface area contributed by atoms with Crippen molar-refractivity contribution in [2.75, 3.05) is 124 Å². The van der Waals surface area contributed by atoms with E-state index in [4.69, 9.17) is 16.3 Å². The fourth-order valence-corrected chi connectivity index (χ4v) is 17.7. The number of fused-ring (bicyclic) bond motifs is 1. The van der Waals surface area contributed by atoms with Gasteiger partial charge in [0.05, 0.1) is 44.1 Å². The Balaban J connectivity index is 0.000000219. The molecule has 548 valence electrons. The van der Waals surface area contributed by atoms with E-state index in [1.165, 1.54) is 102 Å². The summed E-state index contributed by atoms with van der Waals surface area (Å²) >= 11 is 8.50.